The lowest BCUT2D eigenvalue weighted by Crippen LogP contribution is -2.45. The van der Waals surface area contributed by atoms with Crippen molar-refractivity contribution in [2.75, 3.05) is 27.2 Å². The lowest BCUT2D eigenvalue weighted by Gasteiger charge is -2.24. The van der Waals surface area contributed by atoms with E-state index in [2.05, 4.69) is 20.9 Å². The summed E-state index contributed by atoms with van der Waals surface area (Å²) in [6, 6.07) is 7.54. The monoisotopic (exact) mass is 320 g/mol. The number of guanidine groups is 1. The minimum absolute atomic E-state index is 0.0568. The summed E-state index contributed by atoms with van der Waals surface area (Å²) >= 11 is 0. The molecule has 0 atom stereocenters. The van der Waals surface area contributed by atoms with Gasteiger partial charge in [0.2, 0.25) is 0 Å². The number of amides is 1. The highest BCUT2D eigenvalue weighted by atomic mass is 16.5. The van der Waals surface area contributed by atoms with Gasteiger partial charge in [0.1, 0.15) is 0 Å². The number of hydrogen-bond donors (Lipinski definition) is 3. The van der Waals surface area contributed by atoms with E-state index in [4.69, 9.17) is 4.74 Å². The molecule has 0 aliphatic rings. The van der Waals surface area contributed by atoms with E-state index < -0.39 is 0 Å². The van der Waals surface area contributed by atoms with E-state index >= 15 is 0 Å². The van der Waals surface area contributed by atoms with E-state index in [0.717, 1.165) is 5.56 Å². The van der Waals surface area contributed by atoms with Gasteiger partial charge in [-0.05, 0) is 38.5 Å². The summed E-state index contributed by atoms with van der Waals surface area (Å²) in [5, 5.41) is 9.25. The van der Waals surface area contributed by atoms with Gasteiger partial charge in [0.05, 0.1) is 5.60 Å². The van der Waals surface area contributed by atoms with Gasteiger partial charge in [0.25, 0.3) is 5.91 Å². The van der Waals surface area contributed by atoms with E-state index in [1.807, 2.05) is 45.0 Å². The van der Waals surface area contributed by atoms with Gasteiger partial charge in [-0.25, -0.2) is 0 Å². The molecule has 6 heteroatoms. The molecule has 0 aliphatic heterocycles. The third-order valence-corrected chi connectivity index (χ3v) is 3.44. The van der Waals surface area contributed by atoms with Gasteiger partial charge in [-0.3, -0.25) is 9.79 Å². The van der Waals surface area contributed by atoms with Crippen molar-refractivity contribution in [3.63, 3.8) is 0 Å². The summed E-state index contributed by atoms with van der Waals surface area (Å²) < 4.78 is 5.37. The standard InChI is InChI=1S/C17H28N4O2/c1-6-19-15(22)14-9-7-8-13(10-14)11-20-16(18-4)21-12-17(2,3)23-5/h7-10H,6,11-12H2,1-5H3,(H,19,22)(H2,18,20,21). The number of hydrogen-bond acceptors (Lipinski definition) is 3. The first-order valence-electron chi connectivity index (χ1n) is 7.78. The third-order valence-electron chi connectivity index (χ3n) is 3.44. The van der Waals surface area contributed by atoms with Crippen molar-refractivity contribution in [3.05, 3.63) is 35.4 Å². The molecule has 1 amide bonds. The summed E-state index contributed by atoms with van der Waals surface area (Å²) in [6.07, 6.45) is 0. The van der Waals surface area contributed by atoms with Crippen molar-refractivity contribution in [3.8, 4) is 0 Å². The zero-order chi connectivity index (χ0) is 17.3. The first-order chi connectivity index (χ1) is 10.9. The molecule has 1 aromatic rings. The van der Waals surface area contributed by atoms with Crippen LogP contribution in [0.4, 0.5) is 0 Å². The van der Waals surface area contributed by atoms with Crippen molar-refractivity contribution in [2.24, 2.45) is 4.99 Å². The molecule has 3 N–H and O–H groups in total. The summed E-state index contributed by atoms with van der Waals surface area (Å²) in [7, 11) is 3.41. The molecule has 128 valence electrons. The molecule has 0 spiro atoms. The van der Waals surface area contributed by atoms with Gasteiger partial charge in [-0.2, -0.15) is 0 Å². The number of rotatable bonds is 7. The minimum atomic E-state index is -0.268. The van der Waals surface area contributed by atoms with E-state index in [1.165, 1.54) is 0 Å². The molecule has 23 heavy (non-hydrogen) atoms. The Kier molecular flexibility index (Phi) is 7.54. The summed E-state index contributed by atoms with van der Waals surface area (Å²) in [5.41, 5.74) is 1.41. The second kappa shape index (κ2) is 9.15. The van der Waals surface area contributed by atoms with Crippen LogP contribution in [0.2, 0.25) is 0 Å². The summed E-state index contributed by atoms with van der Waals surface area (Å²) in [6.45, 7) is 7.75. The Hall–Kier alpha value is -2.08. The smallest absolute Gasteiger partial charge is 0.251 e. The Morgan fingerprint density at radius 1 is 1.26 bits per heavy atom. The molecule has 0 fully saturated rings. The van der Waals surface area contributed by atoms with Crippen molar-refractivity contribution >= 4 is 11.9 Å². The lowest BCUT2D eigenvalue weighted by atomic mass is 10.1. The van der Waals surface area contributed by atoms with Crippen LogP contribution in [0.5, 0.6) is 0 Å². The molecule has 0 unspecified atom stereocenters. The van der Waals surface area contributed by atoms with Crippen LogP contribution in [-0.2, 0) is 11.3 Å². The molecule has 0 radical (unpaired) electrons. The van der Waals surface area contributed by atoms with E-state index in [9.17, 15) is 4.79 Å². The lowest BCUT2D eigenvalue weighted by molar-refractivity contribution is 0.0268. The highest BCUT2D eigenvalue weighted by Gasteiger charge is 2.16. The fraction of sp³-hybridized carbons (Fsp3) is 0.529. The molecule has 1 rings (SSSR count). The molecule has 0 bridgehead atoms. The van der Waals surface area contributed by atoms with Crippen LogP contribution in [0, 0.1) is 0 Å². The van der Waals surface area contributed by atoms with Gasteiger partial charge in [0, 0.05) is 39.4 Å². The Labute approximate surface area is 138 Å². The van der Waals surface area contributed by atoms with E-state index in [-0.39, 0.29) is 11.5 Å². The molecule has 0 saturated heterocycles. The van der Waals surface area contributed by atoms with Crippen LogP contribution in [0.25, 0.3) is 0 Å². The fourth-order valence-electron chi connectivity index (χ4n) is 1.86. The first-order valence-corrected chi connectivity index (χ1v) is 7.78. The average molecular weight is 320 g/mol. The van der Waals surface area contributed by atoms with Crippen LogP contribution >= 0.6 is 0 Å². The molecule has 0 heterocycles. The Bertz CT molecular complexity index is 541. The maximum absolute atomic E-state index is 11.9. The Morgan fingerprint density at radius 2 is 2.00 bits per heavy atom. The van der Waals surface area contributed by atoms with Gasteiger partial charge in [0.15, 0.2) is 5.96 Å². The highest BCUT2D eigenvalue weighted by Crippen LogP contribution is 2.06. The quantitative estimate of drug-likeness (QED) is 0.526. The van der Waals surface area contributed by atoms with Crippen molar-refractivity contribution in [1.82, 2.24) is 16.0 Å². The molecular formula is C17H28N4O2. The predicted molar refractivity (Wildman–Crippen MR) is 93.7 cm³/mol. The van der Waals surface area contributed by atoms with Gasteiger partial charge < -0.3 is 20.7 Å². The van der Waals surface area contributed by atoms with Gasteiger partial charge >= 0.3 is 0 Å². The average Bonchev–Trinajstić information content (AvgIpc) is 2.55. The number of aliphatic imine (C=N–C) groups is 1. The maximum Gasteiger partial charge on any atom is 0.251 e. The number of nitrogens with one attached hydrogen (secondary N) is 3. The second-order valence-electron chi connectivity index (χ2n) is 5.80. The molecule has 0 aliphatic carbocycles. The van der Waals surface area contributed by atoms with E-state index in [0.29, 0.717) is 31.2 Å². The molecule has 0 saturated carbocycles. The SMILES string of the molecule is CCNC(=O)c1cccc(CNC(=NC)NCC(C)(C)OC)c1. The van der Waals surface area contributed by atoms with Crippen LogP contribution in [0.3, 0.4) is 0 Å². The maximum atomic E-state index is 11.9. The number of nitrogens with zero attached hydrogens (tertiary/aromatic N) is 1. The molecule has 0 aromatic heterocycles. The van der Waals surface area contributed by atoms with Crippen LogP contribution in [-0.4, -0.2) is 44.7 Å². The van der Waals surface area contributed by atoms with Crippen molar-refractivity contribution < 1.29 is 9.53 Å². The topological polar surface area (TPSA) is 74.8 Å². The highest BCUT2D eigenvalue weighted by molar-refractivity contribution is 5.94. The largest absolute Gasteiger partial charge is 0.377 e. The van der Waals surface area contributed by atoms with Crippen LogP contribution < -0.4 is 16.0 Å². The number of carbonyl (C=O) groups is 1. The third kappa shape index (κ3) is 6.69. The summed E-state index contributed by atoms with van der Waals surface area (Å²) in [4.78, 5) is 16.0. The number of benzene rings is 1. The van der Waals surface area contributed by atoms with E-state index in [1.54, 1.807) is 14.2 Å². The zero-order valence-electron chi connectivity index (χ0n) is 14.7. The van der Waals surface area contributed by atoms with Gasteiger partial charge in [-0.1, -0.05) is 12.1 Å². The number of methoxy groups -OCH3 is 1. The summed E-state index contributed by atoms with van der Waals surface area (Å²) in [5.74, 6) is 0.636. The number of carbonyl (C=O) groups excluding carboxylic acids is 1. The van der Waals surface area contributed by atoms with Crippen molar-refractivity contribution in [2.45, 2.75) is 32.9 Å². The normalized spacial score (nSPS) is 12.0. The van der Waals surface area contributed by atoms with Crippen LogP contribution in [0.1, 0.15) is 36.7 Å². The fourth-order valence-corrected chi connectivity index (χ4v) is 1.86. The van der Waals surface area contributed by atoms with Crippen LogP contribution in [0.15, 0.2) is 29.3 Å². The molecule has 6 nitrogen and oxygen atoms in total. The molecular weight excluding hydrogens is 292 g/mol. The predicted octanol–water partition coefficient (Wildman–Crippen LogP) is 1.53. The first kappa shape index (κ1) is 19.0. The minimum Gasteiger partial charge on any atom is -0.377 e. The molecule has 1 aromatic carbocycles. The zero-order valence-corrected chi connectivity index (χ0v) is 14.7. The Balaban J connectivity index is 2.59. The second-order valence-corrected chi connectivity index (χ2v) is 5.80. The van der Waals surface area contributed by atoms with Crippen molar-refractivity contribution in [1.29, 1.82) is 0 Å². The number of ether oxygens (including phenoxy) is 1. The van der Waals surface area contributed by atoms with Gasteiger partial charge in [-0.15, -0.1) is 0 Å². The Morgan fingerprint density at radius 3 is 2.61 bits per heavy atom.